The fourth-order valence-electron chi connectivity index (χ4n) is 2.69. The number of carbonyl (C=O) groups excluding carboxylic acids is 1. The molecule has 1 amide bonds. The maximum absolute atomic E-state index is 12.3. The highest BCUT2D eigenvalue weighted by Gasteiger charge is 2.24. The molecular weight excluding hydrogens is 374 g/mol. The van der Waals surface area contributed by atoms with Gasteiger partial charge in [-0.3, -0.25) is 4.79 Å². The van der Waals surface area contributed by atoms with Crippen molar-refractivity contribution in [2.24, 2.45) is 0 Å². The van der Waals surface area contributed by atoms with Crippen LogP contribution in [0.25, 0.3) is 11.0 Å². The molecule has 1 aromatic heterocycles. The maximum Gasteiger partial charge on any atom is 0.298 e. The summed E-state index contributed by atoms with van der Waals surface area (Å²) in [6.45, 7) is 8.37. The average molecular weight is 398 g/mol. The smallest absolute Gasteiger partial charge is 0.298 e. The monoisotopic (exact) mass is 397 g/mol. The molecule has 2 N–H and O–H groups in total. The van der Waals surface area contributed by atoms with Gasteiger partial charge in [-0.1, -0.05) is 32.4 Å². The van der Waals surface area contributed by atoms with Crippen molar-refractivity contribution in [1.82, 2.24) is 14.3 Å². The summed E-state index contributed by atoms with van der Waals surface area (Å²) in [6, 6.07) is 3.56. The van der Waals surface area contributed by atoms with Crippen molar-refractivity contribution >= 4 is 45.5 Å². The van der Waals surface area contributed by atoms with Crippen LogP contribution in [0.4, 0.5) is 10.5 Å². The van der Waals surface area contributed by atoms with E-state index in [-0.39, 0.29) is 15.3 Å². The van der Waals surface area contributed by atoms with Crippen molar-refractivity contribution in [3.05, 3.63) is 28.2 Å². The van der Waals surface area contributed by atoms with E-state index in [0.717, 1.165) is 28.8 Å². The Balaban J connectivity index is 1.70. The molecule has 26 heavy (non-hydrogen) atoms. The van der Waals surface area contributed by atoms with Crippen LogP contribution in [0.1, 0.15) is 26.6 Å². The third-order valence-electron chi connectivity index (χ3n) is 4.37. The van der Waals surface area contributed by atoms with Crippen LogP contribution in [0.3, 0.4) is 0 Å². The SMILES string of the molecule is CC(C)(C)c1nc2cc(NC(=O)SN3CC[N+](C)([O-])CC3)c(Cl)cc2[nH]1. The van der Waals surface area contributed by atoms with Gasteiger partial charge in [0.25, 0.3) is 5.24 Å². The summed E-state index contributed by atoms with van der Waals surface area (Å²) in [5.41, 5.74) is 2.03. The predicted molar refractivity (Wildman–Crippen MR) is 107 cm³/mol. The highest BCUT2D eigenvalue weighted by atomic mass is 35.5. The van der Waals surface area contributed by atoms with Gasteiger partial charge in [-0.05, 0) is 12.1 Å². The second kappa shape index (κ2) is 7.01. The van der Waals surface area contributed by atoms with Gasteiger partial charge < -0.3 is 20.2 Å². The molecule has 1 fully saturated rings. The van der Waals surface area contributed by atoms with Crippen LogP contribution in [-0.4, -0.2) is 57.4 Å². The first kappa shape index (κ1) is 19.4. The number of H-pyrrole nitrogens is 1. The minimum absolute atomic E-state index is 0.104. The van der Waals surface area contributed by atoms with Gasteiger partial charge in [-0.25, -0.2) is 9.29 Å². The maximum atomic E-state index is 12.3. The minimum atomic E-state index is -0.254. The Hall–Kier alpha value is -1.32. The Bertz CT molecular complexity index is 820. The summed E-state index contributed by atoms with van der Waals surface area (Å²) >= 11 is 7.41. The first-order valence-electron chi connectivity index (χ1n) is 8.53. The van der Waals surface area contributed by atoms with Crippen LogP contribution in [-0.2, 0) is 5.41 Å². The number of imidazole rings is 1. The molecule has 0 aliphatic carbocycles. The number of nitrogens with zero attached hydrogens (tertiary/aromatic N) is 3. The number of piperazine rings is 1. The van der Waals surface area contributed by atoms with E-state index in [1.807, 2.05) is 4.31 Å². The Morgan fingerprint density at radius 1 is 1.38 bits per heavy atom. The van der Waals surface area contributed by atoms with Gasteiger partial charge in [0.2, 0.25) is 0 Å². The fourth-order valence-corrected chi connectivity index (χ4v) is 3.64. The molecule has 1 aliphatic heterocycles. The Morgan fingerprint density at radius 3 is 2.65 bits per heavy atom. The second-order valence-corrected chi connectivity index (χ2v) is 9.34. The summed E-state index contributed by atoms with van der Waals surface area (Å²) < 4.78 is 1.66. The number of rotatable bonds is 2. The second-order valence-electron chi connectivity index (χ2n) is 7.86. The molecule has 3 rings (SSSR count). The van der Waals surface area contributed by atoms with E-state index >= 15 is 0 Å². The molecule has 1 aromatic carbocycles. The summed E-state index contributed by atoms with van der Waals surface area (Å²) in [4.78, 5) is 20.2. The molecule has 0 bridgehead atoms. The zero-order chi connectivity index (χ0) is 19.1. The highest BCUT2D eigenvalue weighted by molar-refractivity contribution is 8.11. The number of benzene rings is 1. The van der Waals surface area contributed by atoms with Crippen molar-refractivity contribution < 1.29 is 9.44 Å². The van der Waals surface area contributed by atoms with Crippen molar-refractivity contribution in [1.29, 1.82) is 0 Å². The van der Waals surface area contributed by atoms with Gasteiger partial charge in [-0.15, -0.1) is 0 Å². The highest BCUT2D eigenvalue weighted by Crippen LogP contribution is 2.30. The molecule has 0 atom stereocenters. The Morgan fingerprint density at radius 2 is 2.04 bits per heavy atom. The van der Waals surface area contributed by atoms with Crippen molar-refractivity contribution in [2.75, 3.05) is 38.5 Å². The number of carbonyl (C=O) groups is 1. The van der Waals surface area contributed by atoms with E-state index in [1.54, 1.807) is 19.2 Å². The van der Waals surface area contributed by atoms with Crippen LogP contribution in [0, 0.1) is 5.21 Å². The van der Waals surface area contributed by atoms with E-state index in [1.165, 1.54) is 0 Å². The van der Waals surface area contributed by atoms with E-state index in [4.69, 9.17) is 11.6 Å². The molecule has 2 heterocycles. The number of quaternary nitrogens is 1. The van der Waals surface area contributed by atoms with Crippen molar-refractivity contribution in [3.63, 3.8) is 0 Å². The lowest BCUT2D eigenvalue weighted by atomic mass is 9.96. The van der Waals surface area contributed by atoms with E-state index in [0.29, 0.717) is 36.9 Å². The number of fused-ring (bicyclic) bond motifs is 1. The number of aromatic amines is 1. The number of anilines is 1. The van der Waals surface area contributed by atoms with E-state index in [2.05, 4.69) is 36.1 Å². The summed E-state index contributed by atoms with van der Waals surface area (Å²) in [5.74, 6) is 0.869. The molecule has 9 heteroatoms. The van der Waals surface area contributed by atoms with E-state index in [9.17, 15) is 10.0 Å². The molecule has 0 spiro atoms. The van der Waals surface area contributed by atoms with Crippen molar-refractivity contribution in [2.45, 2.75) is 26.2 Å². The molecule has 1 saturated heterocycles. The van der Waals surface area contributed by atoms with Gasteiger partial charge in [-0.2, -0.15) is 0 Å². The molecule has 1 aliphatic rings. The third-order valence-corrected chi connectivity index (χ3v) is 5.58. The van der Waals surface area contributed by atoms with Gasteiger partial charge in [0.15, 0.2) is 0 Å². The number of nitrogens with one attached hydrogen (secondary N) is 2. The summed E-state index contributed by atoms with van der Waals surface area (Å²) in [5, 5.41) is 14.9. The predicted octanol–water partition coefficient (Wildman–Crippen LogP) is 3.95. The molecule has 0 unspecified atom stereocenters. The molecular formula is C17H24ClN5O2S. The van der Waals surface area contributed by atoms with Crippen LogP contribution in [0.2, 0.25) is 5.02 Å². The topological polar surface area (TPSA) is 84.1 Å². The van der Waals surface area contributed by atoms with Crippen LogP contribution < -0.4 is 5.32 Å². The quantitative estimate of drug-likeness (QED) is 0.455. The zero-order valence-corrected chi connectivity index (χ0v) is 17.0. The molecule has 0 saturated carbocycles. The van der Waals surface area contributed by atoms with Gasteiger partial charge in [0.1, 0.15) is 5.82 Å². The first-order chi connectivity index (χ1) is 12.0. The lowest BCUT2D eigenvalue weighted by Crippen LogP contribution is -2.52. The fraction of sp³-hybridized carbons (Fsp3) is 0.529. The lowest BCUT2D eigenvalue weighted by molar-refractivity contribution is -0.864. The van der Waals surface area contributed by atoms with Gasteiger partial charge in [0, 0.05) is 17.4 Å². The number of hydrogen-bond donors (Lipinski definition) is 2. The number of hydroxylamine groups is 3. The summed E-state index contributed by atoms with van der Waals surface area (Å²) in [7, 11) is 1.66. The normalized spacial score (nSPS) is 18.2. The molecule has 0 radical (unpaired) electrons. The van der Waals surface area contributed by atoms with E-state index < -0.39 is 0 Å². The number of halogens is 1. The lowest BCUT2D eigenvalue weighted by Gasteiger charge is -2.44. The van der Waals surface area contributed by atoms with Crippen LogP contribution in [0.5, 0.6) is 0 Å². The molecule has 7 nitrogen and oxygen atoms in total. The van der Waals surface area contributed by atoms with Crippen LogP contribution >= 0.6 is 23.5 Å². The molecule has 142 valence electrons. The number of hydrogen-bond acceptors (Lipinski definition) is 5. The minimum Gasteiger partial charge on any atom is -0.633 e. The summed E-state index contributed by atoms with van der Waals surface area (Å²) in [6.07, 6.45) is 0. The molecule has 2 aromatic rings. The van der Waals surface area contributed by atoms with Crippen molar-refractivity contribution in [3.8, 4) is 0 Å². The Kier molecular flexibility index (Phi) is 5.24. The van der Waals surface area contributed by atoms with Gasteiger partial charge in [0.05, 0.1) is 55.0 Å². The zero-order valence-electron chi connectivity index (χ0n) is 15.4. The third kappa shape index (κ3) is 4.50. The number of likely N-dealkylation sites (N-methyl/N-ethyl adjacent to an activating group) is 1. The van der Waals surface area contributed by atoms with Crippen LogP contribution in [0.15, 0.2) is 12.1 Å². The number of aromatic nitrogens is 2. The van der Waals surface area contributed by atoms with Gasteiger partial charge >= 0.3 is 0 Å². The number of amides is 1. The Labute approximate surface area is 162 Å². The average Bonchev–Trinajstić information content (AvgIpc) is 2.93. The largest absolute Gasteiger partial charge is 0.633 e. The standard InChI is InChI=1S/C17H24ClN5O2S/c1-17(2,3)15-19-13-9-11(18)12(10-14(13)20-15)21-16(24)26-22-5-7-23(4,25)8-6-22/h9-10H,5-8H2,1-4H3,(H,19,20)(H,21,24). The first-order valence-corrected chi connectivity index (χ1v) is 9.68.